The molecule has 0 aliphatic heterocycles. The van der Waals surface area contributed by atoms with Crippen molar-refractivity contribution in [2.75, 3.05) is 5.32 Å². The number of hydrogen-bond acceptors (Lipinski definition) is 2. The first-order valence-electron chi connectivity index (χ1n) is 5.23. The lowest BCUT2D eigenvalue weighted by atomic mass is 10.2. The van der Waals surface area contributed by atoms with Crippen LogP contribution in [0.15, 0.2) is 40.9 Å². The summed E-state index contributed by atoms with van der Waals surface area (Å²) in [4.78, 5) is 12.0. The topological polar surface area (TPSA) is 49.3 Å². The van der Waals surface area contributed by atoms with E-state index in [4.69, 9.17) is 23.2 Å². The van der Waals surface area contributed by atoms with Gasteiger partial charge in [-0.25, -0.2) is 0 Å². The first-order chi connectivity index (χ1) is 8.99. The van der Waals surface area contributed by atoms with Gasteiger partial charge in [-0.1, -0.05) is 51.3 Å². The Kier molecular flexibility index (Phi) is 4.34. The van der Waals surface area contributed by atoms with E-state index < -0.39 is 5.91 Å². The highest BCUT2D eigenvalue weighted by Gasteiger charge is 2.14. The second-order valence-corrected chi connectivity index (χ2v) is 5.45. The fourth-order valence-corrected chi connectivity index (χ4v) is 2.81. The predicted octanol–water partition coefficient (Wildman–Crippen LogP) is 4.71. The van der Waals surface area contributed by atoms with E-state index in [1.165, 1.54) is 12.1 Å². The minimum atomic E-state index is -0.482. The van der Waals surface area contributed by atoms with E-state index in [0.717, 1.165) is 0 Å². The molecule has 0 aliphatic carbocycles. The number of nitrogens with one attached hydrogen (secondary N) is 1. The molecule has 0 fully saturated rings. The summed E-state index contributed by atoms with van der Waals surface area (Å²) >= 11 is 15.3. The Balaban J connectivity index is 2.32. The number of phenols is 1. The van der Waals surface area contributed by atoms with Crippen LogP contribution in [-0.4, -0.2) is 11.0 Å². The van der Waals surface area contributed by atoms with Gasteiger partial charge in [-0.2, -0.15) is 0 Å². The maximum atomic E-state index is 12.0. The van der Waals surface area contributed by atoms with Crippen LogP contribution < -0.4 is 5.32 Å². The summed E-state index contributed by atoms with van der Waals surface area (Å²) in [6.45, 7) is 0. The van der Waals surface area contributed by atoms with Crippen LogP contribution in [0.5, 0.6) is 5.75 Å². The Morgan fingerprint density at radius 2 is 1.74 bits per heavy atom. The molecule has 0 spiro atoms. The second-order valence-electron chi connectivity index (χ2n) is 3.72. The Bertz CT molecular complexity index is 623. The minimum absolute atomic E-state index is 0.107. The molecule has 98 valence electrons. The van der Waals surface area contributed by atoms with Gasteiger partial charge in [-0.05, 0) is 24.3 Å². The molecular weight excluding hydrogens is 353 g/mol. The van der Waals surface area contributed by atoms with E-state index in [2.05, 4.69) is 21.2 Å². The zero-order valence-corrected chi connectivity index (χ0v) is 12.6. The van der Waals surface area contributed by atoms with Crippen molar-refractivity contribution in [2.45, 2.75) is 0 Å². The monoisotopic (exact) mass is 359 g/mol. The van der Waals surface area contributed by atoms with E-state index in [-0.39, 0.29) is 11.3 Å². The number of aromatic hydroxyl groups is 1. The van der Waals surface area contributed by atoms with Crippen molar-refractivity contribution >= 4 is 50.7 Å². The van der Waals surface area contributed by atoms with Crippen molar-refractivity contribution in [3.63, 3.8) is 0 Å². The lowest BCUT2D eigenvalue weighted by Gasteiger charge is -2.10. The fraction of sp³-hybridized carbons (Fsp3) is 0. The molecule has 0 bridgehead atoms. The van der Waals surface area contributed by atoms with Gasteiger partial charge in [-0.3, -0.25) is 4.79 Å². The standard InChI is InChI=1S/C13H8BrCl2NO2/c14-7-5-9(15)12(10(16)6-7)17-13(19)8-3-1-2-4-11(8)18/h1-6,18H,(H,17,19). The van der Waals surface area contributed by atoms with Crippen molar-refractivity contribution < 1.29 is 9.90 Å². The Hall–Kier alpha value is -1.23. The van der Waals surface area contributed by atoms with Crippen molar-refractivity contribution in [1.82, 2.24) is 0 Å². The fourth-order valence-electron chi connectivity index (χ4n) is 1.51. The third-order valence-corrected chi connectivity index (χ3v) is 3.45. The zero-order chi connectivity index (χ0) is 14.0. The normalized spacial score (nSPS) is 10.3. The molecule has 0 aromatic heterocycles. The summed E-state index contributed by atoms with van der Waals surface area (Å²) in [6.07, 6.45) is 0. The van der Waals surface area contributed by atoms with Gasteiger partial charge in [0.05, 0.1) is 21.3 Å². The van der Waals surface area contributed by atoms with Crippen LogP contribution >= 0.6 is 39.1 Å². The molecule has 0 radical (unpaired) electrons. The number of amides is 1. The summed E-state index contributed by atoms with van der Waals surface area (Å²) < 4.78 is 0.711. The largest absolute Gasteiger partial charge is 0.507 e. The van der Waals surface area contributed by atoms with Crippen LogP contribution in [0.2, 0.25) is 10.0 Å². The first-order valence-corrected chi connectivity index (χ1v) is 6.78. The molecule has 6 heteroatoms. The Labute approximate surface area is 128 Å². The average molecular weight is 361 g/mol. The van der Waals surface area contributed by atoms with Gasteiger partial charge in [0.1, 0.15) is 5.75 Å². The maximum Gasteiger partial charge on any atom is 0.259 e. The minimum Gasteiger partial charge on any atom is -0.507 e. The van der Waals surface area contributed by atoms with E-state index in [0.29, 0.717) is 20.2 Å². The molecule has 2 aromatic carbocycles. The number of carbonyl (C=O) groups excluding carboxylic acids is 1. The molecule has 0 aliphatic rings. The molecule has 0 saturated heterocycles. The van der Waals surface area contributed by atoms with Crippen LogP contribution in [0.4, 0.5) is 5.69 Å². The summed E-state index contributed by atoms with van der Waals surface area (Å²) in [5.41, 5.74) is 0.456. The summed E-state index contributed by atoms with van der Waals surface area (Å²) in [6, 6.07) is 9.46. The van der Waals surface area contributed by atoms with Crippen molar-refractivity contribution in [3.8, 4) is 5.75 Å². The van der Waals surface area contributed by atoms with Crippen LogP contribution in [0, 0.1) is 0 Å². The lowest BCUT2D eigenvalue weighted by molar-refractivity contribution is 0.102. The third kappa shape index (κ3) is 3.21. The molecule has 1 amide bonds. The SMILES string of the molecule is O=C(Nc1c(Cl)cc(Br)cc1Cl)c1ccccc1O. The van der Waals surface area contributed by atoms with Gasteiger partial charge in [0.25, 0.3) is 5.91 Å². The van der Waals surface area contributed by atoms with Gasteiger partial charge in [0, 0.05) is 4.47 Å². The van der Waals surface area contributed by atoms with E-state index in [1.54, 1.807) is 24.3 Å². The van der Waals surface area contributed by atoms with Crippen LogP contribution in [0.25, 0.3) is 0 Å². The Morgan fingerprint density at radius 1 is 1.16 bits per heavy atom. The third-order valence-electron chi connectivity index (χ3n) is 2.39. The average Bonchev–Trinajstić information content (AvgIpc) is 2.34. The molecule has 2 rings (SSSR count). The first kappa shape index (κ1) is 14.2. The highest BCUT2D eigenvalue weighted by molar-refractivity contribution is 9.10. The van der Waals surface area contributed by atoms with Crippen LogP contribution in [-0.2, 0) is 0 Å². The number of para-hydroxylation sites is 1. The van der Waals surface area contributed by atoms with Crippen molar-refractivity contribution in [1.29, 1.82) is 0 Å². The number of benzene rings is 2. The number of carbonyl (C=O) groups is 1. The second kappa shape index (κ2) is 5.82. The summed E-state index contributed by atoms with van der Waals surface area (Å²) in [5, 5.41) is 12.8. The molecule has 19 heavy (non-hydrogen) atoms. The van der Waals surface area contributed by atoms with Crippen molar-refractivity contribution in [3.05, 3.63) is 56.5 Å². The highest BCUT2D eigenvalue weighted by atomic mass is 79.9. The van der Waals surface area contributed by atoms with Gasteiger partial charge in [-0.15, -0.1) is 0 Å². The number of phenolic OH excluding ortho intramolecular Hbond substituents is 1. The number of hydrogen-bond donors (Lipinski definition) is 2. The van der Waals surface area contributed by atoms with Crippen molar-refractivity contribution in [2.24, 2.45) is 0 Å². The van der Waals surface area contributed by atoms with E-state index in [9.17, 15) is 9.90 Å². The quantitative estimate of drug-likeness (QED) is 0.814. The molecule has 0 unspecified atom stereocenters. The van der Waals surface area contributed by atoms with Gasteiger partial charge < -0.3 is 10.4 Å². The number of halogens is 3. The van der Waals surface area contributed by atoms with Gasteiger partial charge >= 0.3 is 0 Å². The summed E-state index contributed by atoms with van der Waals surface area (Å²) in [5.74, 6) is -0.589. The zero-order valence-electron chi connectivity index (χ0n) is 9.45. The maximum absolute atomic E-state index is 12.0. The number of anilines is 1. The van der Waals surface area contributed by atoms with Crippen LogP contribution in [0.3, 0.4) is 0 Å². The summed E-state index contributed by atoms with van der Waals surface area (Å²) in [7, 11) is 0. The molecule has 2 N–H and O–H groups in total. The Morgan fingerprint density at radius 3 is 2.32 bits per heavy atom. The van der Waals surface area contributed by atoms with Crippen LogP contribution in [0.1, 0.15) is 10.4 Å². The lowest BCUT2D eigenvalue weighted by Crippen LogP contribution is -2.12. The van der Waals surface area contributed by atoms with Gasteiger partial charge in [0.15, 0.2) is 0 Å². The predicted molar refractivity (Wildman–Crippen MR) is 80.2 cm³/mol. The molecule has 2 aromatic rings. The highest BCUT2D eigenvalue weighted by Crippen LogP contribution is 2.34. The number of rotatable bonds is 2. The van der Waals surface area contributed by atoms with E-state index >= 15 is 0 Å². The molecular formula is C13H8BrCl2NO2. The molecule has 3 nitrogen and oxygen atoms in total. The van der Waals surface area contributed by atoms with E-state index in [1.807, 2.05) is 0 Å². The molecule has 0 heterocycles. The van der Waals surface area contributed by atoms with Gasteiger partial charge in [0.2, 0.25) is 0 Å². The molecule has 0 atom stereocenters. The molecule has 0 saturated carbocycles. The smallest absolute Gasteiger partial charge is 0.259 e.